The summed E-state index contributed by atoms with van der Waals surface area (Å²) < 4.78 is 32.6. The summed E-state index contributed by atoms with van der Waals surface area (Å²) in [4.78, 5) is 19.1. The van der Waals surface area contributed by atoms with Crippen LogP contribution in [-0.2, 0) is 4.79 Å². The zero-order chi connectivity index (χ0) is 27.0. The van der Waals surface area contributed by atoms with Gasteiger partial charge in [-0.15, -0.1) is 0 Å². The van der Waals surface area contributed by atoms with E-state index in [-0.39, 0.29) is 11.6 Å². The number of aryl methyl sites for hydroxylation is 1. The molecule has 3 N–H and O–H groups in total. The Bertz CT molecular complexity index is 1180. The van der Waals surface area contributed by atoms with Crippen LogP contribution in [0.25, 0.3) is 0 Å². The van der Waals surface area contributed by atoms with Gasteiger partial charge in [-0.25, -0.2) is 18.6 Å². The lowest BCUT2D eigenvalue weighted by Gasteiger charge is -2.34. The number of piperidine rings is 1. The second kappa shape index (κ2) is 10.4. The molecule has 0 radical (unpaired) electrons. The standard InChI is InChI=1S/C28H39F2N5O2/c1-6-22(34-14-11-28(9-10-28)12-15-34)32-25-21(16-19(4)17-35(25)18(2)3)23(27(5,29)30)33-24-20(26(36)37)8-7-13-31-24/h6-8,13,16-18,23-24,31,33H,9-12,14-15H2,1-5H3,(H,36,37)/b22-6?,32-25-. The minimum atomic E-state index is -3.21. The van der Waals surface area contributed by atoms with Gasteiger partial charge in [-0.2, -0.15) is 0 Å². The number of likely N-dealkylation sites (tertiary alicyclic amines) is 1. The Balaban J connectivity index is 1.80. The van der Waals surface area contributed by atoms with Gasteiger partial charge < -0.3 is 19.9 Å². The second-order valence-corrected chi connectivity index (χ2v) is 11.0. The van der Waals surface area contributed by atoms with Crippen LogP contribution in [0.1, 0.15) is 76.6 Å². The van der Waals surface area contributed by atoms with Gasteiger partial charge in [0.2, 0.25) is 0 Å². The minimum Gasteiger partial charge on any atom is -0.478 e. The molecule has 1 spiro atoms. The number of carboxylic acids is 1. The fourth-order valence-electron chi connectivity index (χ4n) is 5.32. The lowest BCUT2D eigenvalue weighted by Crippen LogP contribution is -2.51. The molecule has 37 heavy (non-hydrogen) atoms. The molecule has 2 aliphatic heterocycles. The van der Waals surface area contributed by atoms with E-state index in [1.165, 1.54) is 18.9 Å². The zero-order valence-corrected chi connectivity index (χ0v) is 22.4. The zero-order valence-electron chi connectivity index (χ0n) is 22.4. The summed E-state index contributed by atoms with van der Waals surface area (Å²) in [6.07, 6.45) is 12.3. The molecule has 2 atom stereocenters. The van der Waals surface area contributed by atoms with Crippen LogP contribution < -0.4 is 16.1 Å². The first kappa shape index (κ1) is 27.1. The first-order chi connectivity index (χ1) is 17.4. The Kier molecular flexibility index (Phi) is 7.65. The van der Waals surface area contributed by atoms with E-state index >= 15 is 8.78 Å². The Morgan fingerprint density at radius 3 is 2.51 bits per heavy atom. The fraction of sp³-hybridized carbons (Fsp3) is 0.571. The Morgan fingerprint density at radius 1 is 1.30 bits per heavy atom. The molecular formula is C28H39F2N5O2. The topological polar surface area (TPSA) is 81.9 Å². The quantitative estimate of drug-likeness (QED) is 0.465. The van der Waals surface area contributed by atoms with Crippen LogP contribution >= 0.6 is 0 Å². The van der Waals surface area contributed by atoms with Crippen molar-refractivity contribution in [2.24, 2.45) is 10.4 Å². The van der Waals surface area contributed by atoms with Gasteiger partial charge in [0, 0.05) is 37.8 Å². The molecule has 9 heteroatoms. The van der Waals surface area contributed by atoms with E-state index < -0.39 is 24.1 Å². The van der Waals surface area contributed by atoms with E-state index in [0.29, 0.717) is 16.5 Å². The molecule has 1 aliphatic carbocycles. The molecule has 4 rings (SSSR count). The van der Waals surface area contributed by atoms with Gasteiger partial charge in [-0.1, -0.05) is 0 Å². The number of pyridine rings is 1. The number of nitrogens with one attached hydrogen (secondary N) is 2. The summed E-state index contributed by atoms with van der Waals surface area (Å²) in [5.74, 6) is -3.61. The normalized spacial score (nSPS) is 22.8. The maximum Gasteiger partial charge on any atom is 0.335 e. The van der Waals surface area contributed by atoms with Gasteiger partial charge >= 0.3 is 5.97 Å². The van der Waals surface area contributed by atoms with E-state index in [1.54, 1.807) is 18.3 Å². The van der Waals surface area contributed by atoms with Crippen molar-refractivity contribution in [1.29, 1.82) is 0 Å². The van der Waals surface area contributed by atoms with Crippen molar-refractivity contribution in [1.82, 2.24) is 20.1 Å². The van der Waals surface area contributed by atoms with Gasteiger partial charge in [-0.3, -0.25) is 5.32 Å². The number of halogens is 2. The average molecular weight is 516 g/mol. The highest BCUT2D eigenvalue weighted by molar-refractivity contribution is 5.88. The third-order valence-electron chi connectivity index (χ3n) is 7.71. The van der Waals surface area contributed by atoms with Gasteiger partial charge in [-0.05, 0) is 94.9 Å². The minimum absolute atomic E-state index is 0.0251. The van der Waals surface area contributed by atoms with Crippen molar-refractivity contribution in [3.8, 4) is 0 Å². The molecule has 0 aromatic carbocycles. The number of rotatable bonds is 8. The molecule has 0 amide bonds. The molecule has 1 aromatic heterocycles. The van der Waals surface area contributed by atoms with Crippen LogP contribution in [0.4, 0.5) is 8.78 Å². The van der Waals surface area contributed by atoms with Crippen molar-refractivity contribution in [3.63, 3.8) is 0 Å². The van der Waals surface area contributed by atoms with Crippen molar-refractivity contribution < 1.29 is 18.7 Å². The first-order valence-corrected chi connectivity index (χ1v) is 13.1. The number of carbonyl (C=O) groups is 1. The number of nitrogens with zero attached hydrogens (tertiary/aromatic N) is 3. The number of aliphatic carboxylic acids is 1. The van der Waals surface area contributed by atoms with E-state index in [2.05, 4.69) is 15.5 Å². The predicted octanol–water partition coefficient (Wildman–Crippen LogP) is 4.76. The number of hydrogen-bond donors (Lipinski definition) is 3. The molecule has 7 nitrogen and oxygen atoms in total. The Labute approximate surface area is 217 Å². The number of alkyl halides is 2. The lowest BCUT2D eigenvalue weighted by atomic mass is 9.94. The Hall–Kier alpha value is -2.94. The predicted molar refractivity (Wildman–Crippen MR) is 140 cm³/mol. The number of dihydropyridines is 1. The monoisotopic (exact) mass is 515 g/mol. The maximum absolute atomic E-state index is 15.3. The number of allylic oxidation sites excluding steroid dienone is 3. The van der Waals surface area contributed by atoms with E-state index in [1.807, 2.05) is 44.5 Å². The number of hydrogen-bond acceptors (Lipinski definition) is 5. The molecule has 1 saturated heterocycles. The second-order valence-electron chi connectivity index (χ2n) is 11.0. The molecule has 0 bridgehead atoms. The van der Waals surface area contributed by atoms with E-state index in [0.717, 1.165) is 44.2 Å². The Morgan fingerprint density at radius 2 is 1.97 bits per heavy atom. The fourth-order valence-corrected chi connectivity index (χ4v) is 5.32. The molecular weight excluding hydrogens is 476 g/mol. The molecule has 2 fully saturated rings. The summed E-state index contributed by atoms with van der Waals surface area (Å²) in [5.41, 5.74) is 2.08. The maximum atomic E-state index is 15.3. The lowest BCUT2D eigenvalue weighted by molar-refractivity contribution is -0.133. The summed E-state index contributed by atoms with van der Waals surface area (Å²) in [5, 5.41) is 15.4. The van der Waals surface area contributed by atoms with Crippen molar-refractivity contribution >= 4 is 5.97 Å². The first-order valence-electron chi connectivity index (χ1n) is 13.1. The summed E-state index contributed by atoms with van der Waals surface area (Å²) >= 11 is 0. The molecule has 3 heterocycles. The molecule has 3 aliphatic rings. The third kappa shape index (κ3) is 5.98. The number of aromatic nitrogens is 1. The van der Waals surface area contributed by atoms with Gasteiger partial charge in [0.05, 0.1) is 5.57 Å². The molecule has 1 saturated carbocycles. The number of carboxylic acid groups (broad SMARTS) is 1. The highest BCUT2D eigenvalue weighted by Crippen LogP contribution is 2.53. The smallest absolute Gasteiger partial charge is 0.335 e. The average Bonchev–Trinajstić information content (AvgIpc) is 3.60. The third-order valence-corrected chi connectivity index (χ3v) is 7.71. The summed E-state index contributed by atoms with van der Waals surface area (Å²) in [7, 11) is 0. The van der Waals surface area contributed by atoms with Crippen LogP contribution in [0.3, 0.4) is 0 Å². The molecule has 2 unspecified atom stereocenters. The molecule has 1 aromatic rings. The van der Waals surface area contributed by atoms with Crippen LogP contribution in [0.5, 0.6) is 0 Å². The van der Waals surface area contributed by atoms with Crippen LogP contribution in [0.15, 0.2) is 53.1 Å². The van der Waals surface area contributed by atoms with E-state index in [4.69, 9.17) is 4.99 Å². The van der Waals surface area contributed by atoms with Crippen molar-refractivity contribution in [2.45, 2.75) is 84.5 Å². The molecule has 202 valence electrons. The summed E-state index contributed by atoms with van der Waals surface area (Å²) in [6, 6.07) is 0.221. The highest BCUT2D eigenvalue weighted by Gasteiger charge is 2.45. The van der Waals surface area contributed by atoms with Gasteiger partial charge in [0.1, 0.15) is 23.5 Å². The van der Waals surface area contributed by atoms with Crippen molar-refractivity contribution in [2.75, 3.05) is 13.1 Å². The van der Waals surface area contributed by atoms with Crippen LogP contribution in [0, 0.1) is 12.3 Å². The SMILES string of the molecule is CC=C(/N=c1/c(C(NC2NC=CC=C2C(=O)O)C(C)(F)F)cc(C)cn1C(C)C)N1CCC2(CC1)CC2. The van der Waals surface area contributed by atoms with Gasteiger partial charge in [0.25, 0.3) is 5.92 Å². The van der Waals surface area contributed by atoms with E-state index in [9.17, 15) is 9.90 Å². The highest BCUT2D eigenvalue weighted by atomic mass is 19.3. The van der Waals surface area contributed by atoms with Crippen molar-refractivity contribution in [3.05, 3.63) is 64.7 Å². The summed E-state index contributed by atoms with van der Waals surface area (Å²) in [6.45, 7) is 10.5. The largest absolute Gasteiger partial charge is 0.478 e. The van der Waals surface area contributed by atoms with Crippen LogP contribution in [-0.4, -0.2) is 45.7 Å². The van der Waals surface area contributed by atoms with Gasteiger partial charge in [0.15, 0.2) is 0 Å². The van der Waals surface area contributed by atoms with Crippen LogP contribution in [0.2, 0.25) is 0 Å².